The molecule has 0 amide bonds. The Labute approximate surface area is 190 Å². The van der Waals surface area contributed by atoms with Crippen molar-refractivity contribution in [3.8, 4) is 16.9 Å². The van der Waals surface area contributed by atoms with E-state index in [2.05, 4.69) is 25.3 Å². The molecule has 0 unspecified atom stereocenters. The molecule has 2 N–H and O–H groups in total. The highest BCUT2D eigenvalue weighted by atomic mass is 19.3. The van der Waals surface area contributed by atoms with Gasteiger partial charge in [-0.15, -0.1) is 0 Å². The van der Waals surface area contributed by atoms with Gasteiger partial charge in [0.15, 0.2) is 0 Å². The van der Waals surface area contributed by atoms with Crippen LogP contribution in [0.5, 0.6) is 5.75 Å². The fourth-order valence-corrected chi connectivity index (χ4v) is 3.51. The highest BCUT2D eigenvalue weighted by Gasteiger charge is 2.22. The first kappa shape index (κ1) is 22.6. The molecule has 0 saturated carbocycles. The average molecular weight is 454 g/mol. The molecule has 0 aliphatic carbocycles. The third-order valence-electron chi connectivity index (χ3n) is 5.33. The van der Waals surface area contributed by atoms with Crippen LogP contribution in [0.1, 0.15) is 18.4 Å². The average Bonchev–Trinajstić information content (AvgIpc) is 2.85. The van der Waals surface area contributed by atoms with E-state index in [4.69, 9.17) is 4.74 Å². The van der Waals surface area contributed by atoms with E-state index in [0.29, 0.717) is 5.95 Å². The molecule has 1 fully saturated rings. The second kappa shape index (κ2) is 10.8. The number of aromatic nitrogens is 2. The van der Waals surface area contributed by atoms with Gasteiger partial charge in [-0.05, 0) is 61.3 Å². The molecule has 0 spiro atoms. The zero-order chi connectivity index (χ0) is 23.0. The summed E-state index contributed by atoms with van der Waals surface area (Å²) in [6.45, 7) is -0.903. The van der Waals surface area contributed by atoms with Crippen LogP contribution in [0.3, 0.4) is 0 Å². The fourth-order valence-electron chi connectivity index (χ4n) is 3.51. The van der Waals surface area contributed by atoms with Crippen molar-refractivity contribution in [2.24, 2.45) is 5.92 Å². The second-order valence-electron chi connectivity index (χ2n) is 7.65. The van der Waals surface area contributed by atoms with Gasteiger partial charge in [0.25, 0.3) is 0 Å². The molecule has 33 heavy (non-hydrogen) atoms. The van der Waals surface area contributed by atoms with E-state index in [1.54, 1.807) is 24.5 Å². The number of hydrogen-bond donors (Lipinski definition) is 2. The Kier molecular flexibility index (Phi) is 7.41. The number of carbonyl (C=O) groups excluding carboxylic acids is 1. The fraction of sp³-hybridized carbons (Fsp3) is 0.292. The quantitative estimate of drug-likeness (QED) is 0.484. The molecule has 1 aliphatic rings. The minimum Gasteiger partial charge on any atom is -0.461 e. The second-order valence-corrected chi connectivity index (χ2v) is 7.65. The number of carbonyl (C=O) groups is 1. The summed E-state index contributed by atoms with van der Waals surface area (Å²) < 4.78 is 34.3. The lowest BCUT2D eigenvalue weighted by molar-refractivity contribution is -0.150. The summed E-state index contributed by atoms with van der Waals surface area (Å²) in [7, 11) is 0. The number of halogens is 2. The topological polar surface area (TPSA) is 85.4 Å². The van der Waals surface area contributed by atoms with Gasteiger partial charge in [0.2, 0.25) is 5.95 Å². The number of nitrogens with one attached hydrogen (secondary N) is 2. The number of hydrogen-bond acceptors (Lipinski definition) is 7. The van der Waals surface area contributed by atoms with E-state index in [1.165, 1.54) is 12.1 Å². The van der Waals surface area contributed by atoms with E-state index in [0.717, 1.165) is 48.3 Å². The Morgan fingerprint density at radius 3 is 2.30 bits per heavy atom. The molecule has 4 rings (SSSR count). The van der Waals surface area contributed by atoms with Gasteiger partial charge >= 0.3 is 12.6 Å². The van der Waals surface area contributed by atoms with Crippen LogP contribution in [0.15, 0.2) is 60.9 Å². The Balaban J connectivity index is 1.29. The normalized spacial score (nSPS) is 14.2. The lowest BCUT2D eigenvalue weighted by Crippen LogP contribution is -2.32. The summed E-state index contributed by atoms with van der Waals surface area (Å²) in [6.07, 6.45) is 4.93. The van der Waals surface area contributed by atoms with Gasteiger partial charge in [-0.2, -0.15) is 8.78 Å². The minimum atomic E-state index is -2.85. The van der Waals surface area contributed by atoms with Crippen LogP contribution in [0.2, 0.25) is 0 Å². The Hall–Kier alpha value is -3.59. The van der Waals surface area contributed by atoms with E-state index in [9.17, 15) is 13.6 Å². The van der Waals surface area contributed by atoms with Gasteiger partial charge in [-0.3, -0.25) is 4.79 Å². The van der Waals surface area contributed by atoms with Crippen molar-refractivity contribution in [2.45, 2.75) is 26.1 Å². The van der Waals surface area contributed by atoms with Crippen molar-refractivity contribution < 1.29 is 23.0 Å². The monoisotopic (exact) mass is 454 g/mol. The molecule has 1 aliphatic heterocycles. The van der Waals surface area contributed by atoms with Crippen LogP contribution < -0.4 is 15.4 Å². The number of rotatable bonds is 8. The molecule has 0 atom stereocenters. The van der Waals surface area contributed by atoms with Crippen molar-refractivity contribution in [3.63, 3.8) is 0 Å². The number of nitrogens with zero attached hydrogens (tertiary/aromatic N) is 2. The summed E-state index contributed by atoms with van der Waals surface area (Å²) in [5, 5.41) is 6.35. The summed E-state index contributed by atoms with van der Waals surface area (Å²) >= 11 is 0. The molecule has 172 valence electrons. The van der Waals surface area contributed by atoms with Crippen molar-refractivity contribution in [3.05, 3.63) is 66.5 Å². The third kappa shape index (κ3) is 6.45. The number of piperidine rings is 1. The van der Waals surface area contributed by atoms with Crippen LogP contribution in [0, 0.1) is 5.92 Å². The maximum absolute atomic E-state index is 12.3. The molecule has 1 saturated heterocycles. The van der Waals surface area contributed by atoms with Crippen molar-refractivity contribution >= 4 is 17.6 Å². The molecule has 9 heteroatoms. The molecule has 0 bridgehead atoms. The predicted molar refractivity (Wildman–Crippen MR) is 119 cm³/mol. The Bertz CT molecular complexity index is 1040. The SMILES string of the molecule is O=C(OCc1ccc(Nc2ncc(-c3ccc(OC(F)F)cc3)cn2)cc1)C1CCNCC1. The minimum absolute atomic E-state index is 0.0174. The summed E-state index contributed by atoms with van der Waals surface area (Å²) in [5.41, 5.74) is 3.23. The van der Waals surface area contributed by atoms with Gasteiger partial charge in [-0.25, -0.2) is 9.97 Å². The highest BCUT2D eigenvalue weighted by molar-refractivity contribution is 5.72. The van der Waals surface area contributed by atoms with Crippen LogP contribution >= 0.6 is 0 Å². The zero-order valence-corrected chi connectivity index (χ0v) is 17.8. The van der Waals surface area contributed by atoms with Crippen LogP contribution in [0.4, 0.5) is 20.4 Å². The third-order valence-corrected chi connectivity index (χ3v) is 5.33. The first-order chi connectivity index (χ1) is 16.1. The van der Waals surface area contributed by atoms with Gasteiger partial charge in [-0.1, -0.05) is 24.3 Å². The molecule has 2 heterocycles. The molecule has 7 nitrogen and oxygen atoms in total. The van der Waals surface area contributed by atoms with Gasteiger partial charge in [0, 0.05) is 23.6 Å². The lowest BCUT2D eigenvalue weighted by atomic mass is 9.98. The number of esters is 1. The zero-order valence-electron chi connectivity index (χ0n) is 17.8. The standard InChI is InChI=1S/C24H24F2N4O3/c25-23(26)33-21-7-3-17(4-8-21)19-13-28-24(29-14-19)30-20-5-1-16(2-6-20)15-32-22(31)18-9-11-27-12-10-18/h1-8,13-14,18,23,27H,9-12,15H2,(H,28,29,30). The van der Waals surface area contributed by atoms with Gasteiger partial charge < -0.3 is 20.1 Å². The first-order valence-corrected chi connectivity index (χ1v) is 10.7. The molecule has 2 aromatic carbocycles. The largest absolute Gasteiger partial charge is 0.461 e. The van der Waals surface area contributed by atoms with Gasteiger partial charge in [0.05, 0.1) is 5.92 Å². The summed E-state index contributed by atoms with van der Waals surface area (Å²) in [4.78, 5) is 20.8. The molecular formula is C24H24F2N4O3. The Morgan fingerprint density at radius 1 is 1.00 bits per heavy atom. The maximum Gasteiger partial charge on any atom is 0.387 e. The van der Waals surface area contributed by atoms with E-state index < -0.39 is 6.61 Å². The lowest BCUT2D eigenvalue weighted by Gasteiger charge is -2.21. The summed E-state index contributed by atoms with van der Waals surface area (Å²) in [6, 6.07) is 13.8. The first-order valence-electron chi connectivity index (χ1n) is 10.7. The van der Waals surface area contributed by atoms with Crippen molar-refractivity contribution in [1.29, 1.82) is 0 Å². The number of benzene rings is 2. The smallest absolute Gasteiger partial charge is 0.387 e. The summed E-state index contributed by atoms with van der Waals surface area (Å²) in [5.74, 6) is 0.360. The Morgan fingerprint density at radius 2 is 1.67 bits per heavy atom. The van der Waals surface area contributed by atoms with Crippen LogP contribution in [-0.2, 0) is 16.1 Å². The number of alkyl halides is 2. The molecular weight excluding hydrogens is 430 g/mol. The van der Waals surface area contributed by atoms with E-state index >= 15 is 0 Å². The van der Waals surface area contributed by atoms with Crippen LogP contribution in [0.25, 0.3) is 11.1 Å². The van der Waals surface area contributed by atoms with Crippen LogP contribution in [-0.4, -0.2) is 35.6 Å². The van der Waals surface area contributed by atoms with Crippen molar-refractivity contribution in [1.82, 2.24) is 15.3 Å². The number of anilines is 2. The van der Waals surface area contributed by atoms with E-state index in [-0.39, 0.29) is 24.2 Å². The predicted octanol–water partition coefficient (Wildman–Crippen LogP) is 4.53. The maximum atomic E-state index is 12.3. The molecule has 1 aromatic heterocycles. The number of ether oxygens (including phenoxy) is 2. The molecule has 3 aromatic rings. The highest BCUT2D eigenvalue weighted by Crippen LogP contribution is 2.23. The van der Waals surface area contributed by atoms with Gasteiger partial charge in [0.1, 0.15) is 12.4 Å². The van der Waals surface area contributed by atoms with Crippen molar-refractivity contribution in [2.75, 3.05) is 18.4 Å². The van der Waals surface area contributed by atoms with E-state index in [1.807, 2.05) is 24.3 Å². The molecule has 0 radical (unpaired) electrons.